The van der Waals surface area contributed by atoms with Gasteiger partial charge in [0.05, 0.1) is 6.54 Å². The van der Waals surface area contributed by atoms with Crippen LogP contribution in [0.3, 0.4) is 0 Å². The van der Waals surface area contributed by atoms with E-state index in [0.717, 1.165) is 51.9 Å². The van der Waals surface area contributed by atoms with E-state index in [1.165, 1.54) is 0 Å². The lowest BCUT2D eigenvalue weighted by atomic mass is 10.1. The van der Waals surface area contributed by atoms with Crippen LogP contribution in [-0.2, 0) is 4.79 Å². The second kappa shape index (κ2) is 7.67. The molecule has 1 rings (SSSR count). The topological polar surface area (TPSA) is 49.6 Å². The summed E-state index contributed by atoms with van der Waals surface area (Å²) in [7, 11) is 0. The lowest BCUT2D eigenvalue weighted by Crippen LogP contribution is -2.48. The summed E-state index contributed by atoms with van der Waals surface area (Å²) < 4.78 is 0. The first-order chi connectivity index (χ1) is 8.17. The average molecular weight is 241 g/mol. The largest absolute Gasteiger partial charge is 0.342 e. The molecule has 0 aromatic carbocycles. The third-order valence-corrected chi connectivity index (χ3v) is 3.42. The van der Waals surface area contributed by atoms with Gasteiger partial charge in [0, 0.05) is 25.7 Å². The fraction of sp³-hybridized carbons (Fsp3) is 0.923. The van der Waals surface area contributed by atoms with Gasteiger partial charge in [-0.25, -0.2) is 0 Å². The molecule has 1 aliphatic heterocycles. The molecule has 0 spiro atoms. The molecule has 0 bridgehead atoms. The number of nitrogens with two attached hydrogens (primary N) is 1. The molecule has 0 aromatic heterocycles. The predicted molar refractivity (Wildman–Crippen MR) is 70.8 cm³/mol. The highest BCUT2D eigenvalue weighted by molar-refractivity contribution is 5.78. The Morgan fingerprint density at radius 3 is 2.82 bits per heavy atom. The minimum Gasteiger partial charge on any atom is -0.342 e. The molecule has 1 saturated heterocycles. The summed E-state index contributed by atoms with van der Waals surface area (Å²) in [6.07, 6.45) is 4.45. The fourth-order valence-electron chi connectivity index (χ4n) is 2.33. The molecule has 1 unspecified atom stereocenters. The number of hydrogen-bond donors (Lipinski definition) is 1. The lowest BCUT2D eigenvalue weighted by Gasteiger charge is -2.32. The van der Waals surface area contributed by atoms with Crippen molar-refractivity contribution in [1.82, 2.24) is 9.80 Å². The number of piperidine rings is 1. The maximum atomic E-state index is 12.1. The van der Waals surface area contributed by atoms with Gasteiger partial charge in [0.1, 0.15) is 0 Å². The van der Waals surface area contributed by atoms with Crippen LogP contribution in [0.4, 0.5) is 0 Å². The number of carbonyl (C=O) groups is 1. The highest BCUT2D eigenvalue weighted by Crippen LogP contribution is 2.08. The number of amides is 1. The van der Waals surface area contributed by atoms with Gasteiger partial charge in [0.25, 0.3) is 0 Å². The van der Waals surface area contributed by atoms with Crippen LogP contribution in [0.5, 0.6) is 0 Å². The van der Waals surface area contributed by atoms with Gasteiger partial charge >= 0.3 is 0 Å². The molecule has 1 heterocycles. The van der Waals surface area contributed by atoms with E-state index < -0.39 is 0 Å². The van der Waals surface area contributed by atoms with Crippen molar-refractivity contribution in [2.75, 3.05) is 32.7 Å². The van der Waals surface area contributed by atoms with Crippen molar-refractivity contribution in [2.24, 2.45) is 5.73 Å². The minimum atomic E-state index is 0.252. The zero-order valence-corrected chi connectivity index (χ0v) is 11.3. The molecule has 4 nitrogen and oxygen atoms in total. The van der Waals surface area contributed by atoms with Crippen LogP contribution in [0.2, 0.25) is 0 Å². The number of unbranched alkanes of at least 4 members (excludes halogenated alkanes) is 1. The number of carbonyl (C=O) groups excluding carboxylic acids is 1. The monoisotopic (exact) mass is 241 g/mol. The van der Waals surface area contributed by atoms with Gasteiger partial charge in [0.15, 0.2) is 0 Å². The van der Waals surface area contributed by atoms with Gasteiger partial charge in [-0.05, 0) is 32.7 Å². The van der Waals surface area contributed by atoms with E-state index in [1.807, 2.05) is 4.90 Å². The number of hydrogen-bond acceptors (Lipinski definition) is 3. The molecule has 0 aromatic rings. The predicted octanol–water partition coefficient (Wildman–Crippen LogP) is 1.06. The average Bonchev–Trinajstić information content (AvgIpc) is 2.30. The Kier molecular flexibility index (Phi) is 6.52. The summed E-state index contributed by atoms with van der Waals surface area (Å²) in [6, 6.07) is 0.252. The Labute approximate surface area is 105 Å². The standard InChI is InChI=1S/C13H27N3O/c1-3-5-9-16(4-2)13(17)11-15-8-6-7-12(14)10-15/h12H,3-11,14H2,1-2H3. The highest BCUT2D eigenvalue weighted by atomic mass is 16.2. The second-order valence-electron chi connectivity index (χ2n) is 4.96. The summed E-state index contributed by atoms with van der Waals surface area (Å²) in [6.45, 7) is 8.36. The van der Waals surface area contributed by atoms with Crippen molar-refractivity contribution in [3.05, 3.63) is 0 Å². The lowest BCUT2D eigenvalue weighted by molar-refractivity contribution is -0.132. The van der Waals surface area contributed by atoms with Crippen LogP contribution >= 0.6 is 0 Å². The van der Waals surface area contributed by atoms with Crippen LogP contribution in [0.25, 0.3) is 0 Å². The molecule has 1 aliphatic rings. The fourth-order valence-corrected chi connectivity index (χ4v) is 2.33. The normalized spacial score (nSPS) is 21.5. The first-order valence-corrected chi connectivity index (χ1v) is 6.93. The SMILES string of the molecule is CCCCN(CC)C(=O)CN1CCCC(N)C1. The summed E-state index contributed by atoms with van der Waals surface area (Å²) in [5.41, 5.74) is 5.92. The van der Waals surface area contributed by atoms with Crippen LogP contribution in [0.1, 0.15) is 39.5 Å². The Morgan fingerprint density at radius 2 is 2.24 bits per heavy atom. The molecule has 1 atom stereocenters. The van der Waals surface area contributed by atoms with Crippen molar-refractivity contribution in [1.29, 1.82) is 0 Å². The molecule has 0 aliphatic carbocycles. The zero-order chi connectivity index (χ0) is 12.7. The van der Waals surface area contributed by atoms with E-state index in [-0.39, 0.29) is 11.9 Å². The maximum Gasteiger partial charge on any atom is 0.236 e. The smallest absolute Gasteiger partial charge is 0.236 e. The van der Waals surface area contributed by atoms with E-state index in [2.05, 4.69) is 18.7 Å². The molecule has 0 saturated carbocycles. The van der Waals surface area contributed by atoms with Crippen molar-refractivity contribution in [2.45, 2.75) is 45.6 Å². The van der Waals surface area contributed by atoms with Gasteiger partial charge in [-0.2, -0.15) is 0 Å². The first kappa shape index (κ1) is 14.5. The molecule has 17 heavy (non-hydrogen) atoms. The van der Waals surface area contributed by atoms with Crippen molar-refractivity contribution < 1.29 is 4.79 Å². The molecule has 4 heteroatoms. The zero-order valence-electron chi connectivity index (χ0n) is 11.3. The van der Waals surface area contributed by atoms with E-state index in [9.17, 15) is 4.79 Å². The first-order valence-electron chi connectivity index (χ1n) is 6.93. The minimum absolute atomic E-state index is 0.252. The molecule has 1 fully saturated rings. The van der Waals surface area contributed by atoms with Crippen molar-refractivity contribution in [3.63, 3.8) is 0 Å². The van der Waals surface area contributed by atoms with Gasteiger partial charge in [0.2, 0.25) is 5.91 Å². The molecule has 2 N–H and O–H groups in total. The van der Waals surface area contributed by atoms with Gasteiger partial charge < -0.3 is 10.6 Å². The molecule has 0 radical (unpaired) electrons. The molecule has 1 amide bonds. The summed E-state index contributed by atoms with van der Waals surface area (Å²) in [4.78, 5) is 16.3. The quantitative estimate of drug-likeness (QED) is 0.756. The molecular weight excluding hydrogens is 214 g/mol. The summed E-state index contributed by atoms with van der Waals surface area (Å²) in [5, 5.41) is 0. The second-order valence-corrected chi connectivity index (χ2v) is 4.96. The van der Waals surface area contributed by atoms with Crippen LogP contribution < -0.4 is 5.73 Å². The third kappa shape index (κ3) is 5.04. The van der Waals surface area contributed by atoms with E-state index >= 15 is 0 Å². The van der Waals surface area contributed by atoms with Crippen LogP contribution in [0, 0.1) is 0 Å². The highest BCUT2D eigenvalue weighted by Gasteiger charge is 2.20. The van der Waals surface area contributed by atoms with Gasteiger partial charge in [-0.1, -0.05) is 13.3 Å². The van der Waals surface area contributed by atoms with E-state index in [0.29, 0.717) is 6.54 Å². The Bertz CT molecular complexity index is 233. The van der Waals surface area contributed by atoms with Crippen LogP contribution in [0.15, 0.2) is 0 Å². The third-order valence-electron chi connectivity index (χ3n) is 3.42. The Balaban J connectivity index is 2.35. The number of rotatable bonds is 6. The van der Waals surface area contributed by atoms with Gasteiger partial charge in [-0.3, -0.25) is 9.69 Å². The summed E-state index contributed by atoms with van der Waals surface area (Å²) >= 11 is 0. The number of likely N-dealkylation sites (N-methyl/N-ethyl adjacent to an activating group) is 1. The summed E-state index contributed by atoms with van der Waals surface area (Å²) in [5.74, 6) is 0.259. The number of likely N-dealkylation sites (tertiary alicyclic amines) is 1. The Morgan fingerprint density at radius 1 is 1.47 bits per heavy atom. The van der Waals surface area contributed by atoms with Crippen molar-refractivity contribution in [3.8, 4) is 0 Å². The molecular formula is C13H27N3O. The van der Waals surface area contributed by atoms with Crippen LogP contribution in [-0.4, -0.2) is 54.5 Å². The Hall–Kier alpha value is -0.610. The van der Waals surface area contributed by atoms with E-state index in [1.54, 1.807) is 0 Å². The maximum absolute atomic E-state index is 12.1. The number of nitrogens with zero attached hydrogens (tertiary/aromatic N) is 2. The van der Waals surface area contributed by atoms with Crippen molar-refractivity contribution >= 4 is 5.91 Å². The van der Waals surface area contributed by atoms with Gasteiger partial charge in [-0.15, -0.1) is 0 Å². The van der Waals surface area contributed by atoms with E-state index in [4.69, 9.17) is 5.73 Å². The molecule has 100 valence electrons.